The maximum Gasteiger partial charge on any atom is 0.0258 e. The van der Waals surface area contributed by atoms with Crippen molar-refractivity contribution < 1.29 is 0 Å². The van der Waals surface area contributed by atoms with Gasteiger partial charge in [-0.05, 0) is 30.0 Å². The summed E-state index contributed by atoms with van der Waals surface area (Å²) in [5, 5.41) is 0. The van der Waals surface area contributed by atoms with Crippen molar-refractivity contribution in [1.82, 2.24) is 0 Å². The van der Waals surface area contributed by atoms with Gasteiger partial charge < -0.3 is 0 Å². The van der Waals surface area contributed by atoms with Crippen LogP contribution < -0.4 is 0 Å². The molecule has 2 rings (SSSR count). The fourth-order valence-corrected chi connectivity index (χ4v) is 2.06. The molecule has 0 aromatic heterocycles. The zero-order valence-corrected chi connectivity index (χ0v) is 11.3. The lowest BCUT2D eigenvalue weighted by molar-refractivity contribution is 1.23. The van der Waals surface area contributed by atoms with Gasteiger partial charge in [0.15, 0.2) is 0 Å². The summed E-state index contributed by atoms with van der Waals surface area (Å²) in [6.45, 7) is 2.11. The Morgan fingerprint density at radius 1 is 0.944 bits per heavy atom. The molecule has 0 spiro atoms. The van der Waals surface area contributed by atoms with Crippen LogP contribution in [0, 0.1) is 6.92 Å². The van der Waals surface area contributed by atoms with Crippen LogP contribution in [0.5, 0.6) is 0 Å². The molecule has 2 aromatic carbocycles. The molecular weight excluding hydrogens is 240 g/mol. The maximum atomic E-state index is 5.80. The summed E-state index contributed by atoms with van der Waals surface area (Å²) in [5.74, 6) is 0.655. The molecule has 18 heavy (non-hydrogen) atoms. The Hall–Kier alpha value is -1.53. The minimum absolute atomic E-state index is 0.655. The standard InChI is InChI=1S/C17H17Cl/c1-14-9-11-16(12-10-14)17(8-5-13-18)15-6-3-2-4-7-15/h2-4,6-12H,5,13H2,1H3. The molecule has 0 unspecified atom stereocenters. The van der Waals surface area contributed by atoms with Crippen molar-refractivity contribution in [3.63, 3.8) is 0 Å². The molecule has 0 aliphatic rings. The van der Waals surface area contributed by atoms with Gasteiger partial charge in [-0.3, -0.25) is 0 Å². The van der Waals surface area contributed by atoms with Gasteiger partial charge in [0, 0.05) is 5.88 Å². The second-order valence-corrected chi connectivity index (χ2v) is 4.71. The van der Waals surface area contributed by atoms with Crippen LogP contribution in [0.3, 0.4) is 0 Å². The van der Waals surface area contributed by atoms with Gasteiger partial charge >= 0.3 is 0 Å². The fraction of sp³-hybridized carbons (Fsp3) is 0.176. The quantitative estimate of drug-likeness (QED) is 0.671. The van der Waals surface area contributed by atoms with E-state index in [0.717, 1.165) is 6.42 Å². The molecule has 2 aromatic rings. The molecule has 0 heterocycles. The highest BCUT2D eigenvalue weighted by Crippen LogP contribution is 2.24. The van der Waals surface area contributed by atoms with Crippen molar-refractivity contribution in [2.45, 2.75) is 13.3 Å². The Morgan fingerprint density at radius 3 is 2.17 bits per heavy atom. The van der Waals surface area contributed by atoms with E-state index in [1.165, 1.54) is 22.3 Å². The molecule has 0 fully saturated rings. The second kappa shape index (κ2) is 6.42. The highest BCUT2D eigenvalue weighted by atomic mass is 35.5. The first-order chi connectivity index (χ1) is 8.81. The van der Waals surface area contributed by atoms with Gasteiger partial charge in [0.25, 0.3) is 0 Å². The Morgan fingerprint density at radius 2 is 1.56 bits per heavy atom. The lowest BCUT2D eigenvalue weighted by Crippen LogP contribution is -1.89. The van der Waals surface area contributed by atoms with Crippen LogP contribution in [0.1, 0.15) is 23.1 Å². The zero-order chi connectivity index (χ0) is 12.8. The zero-order valence-electron chi connectivity index (χ0n) is 10.6. The molecule has 0 saturated heterocycles. The molecule has 0 radical (unpaired) electrons. The number of benzene rings is 2. The summed E-state index contributed by atoms with van der Waals surface area (Å²) in [6.07, 6.45) is 3.10. The minimum atomic E-state index is 0.655. The van der Waals surface area contributed by atoms with E-state index in [9.17, 15) is 0 Å². The second-order valence-electron chi connectivity index (χ2n) is 4.33. The molecular formula is C17H17Cl. The molecule has 0 bridgehead atoms. The summed E-state index contributed by atoms with van der Waals surface area (Å²) in [5.41, 5.74) is 5.03. The van der Waals surface area contributed by atoms with Crippen molar-refractivity contribution >= 4 is 17.2 Å². The van der Waals surface area contributed by atoms with E-state index in [0.29, 0.717) is 5.88 Å². The molecule has 0 aliphatic carbocycles. The van der Waals surface area contributed by atoms with E-state index in [-0.39, 0.29) is 0 Å². The van der Waals surface area contributed by atoms with Crippen LogP contribution in [0.4, 0.5) is 0 Å². The third-order valence-corrected chi connectivity index (χ3v) is 3.12. The predicted octanol–water partition coefficient (Wildman–Crippen LogP) is 5.06. The van der Waals surface area contributed by atoms with Gasteiger partial charge in [-0.25, -0.2) is 0 Å². The van der Waals surface area contributed by atoms with Gasteiger partial charge in [0.05, 0.1) is 0 Å². The number of halogens is 1. The molecule has 0 N–H and O–H groups in total. The number of aryl methyl sites for hydroxylation is 1. The summed E-state index contributed by atoms with van der Waals surface area (Å²) in [4.78, 5) is 0. The normalized spacial score (nSPS) is 11.6. The molecule has 0 amide bonds. The van der Waals surface area contributed by atoms with E-state index in [2.05, 4.69) is 61.5 Å². The number of hydrogen-bond donors (Lipinski definition) is 0. The van der Waals surface area contributed by atoms with Crippen molar-refractivity contribution in [3.05, 3.63) is 77.4 Å². The van der Waals surface area contributed by atoms with Crippen LogP contribution in [0.15, 0.2) is 60.7 Å². The maximum absolute atomic E-state index is 5.80. The Bertz CT molecular complexity index is 509. The number of allylic oxidation sites excluding steroid dienone is 1. The van der Waals surface area contributed by atoms with E-state index < -0.39 is 0 Å². The van der Waals surface area contributed by atoms with Gasteiger partial charge in [-0.2, -0.15) is 0 Å². The van der Waals surface area contributed by atoms with Crippen LogP contribution in [-0.4, -0.2) is 5.88 Å². The lowest BCUT2D eigenvalue weighted by Gasteiger charge is -2.09. The van der Waals surface area contributed by atoms with E-state index >= 15 is 0 Å². The van der Waals surface area contributed by atoms with Crippen molar-refractivity contribution in [2.24, 2.45) is 0 Å². The summed E-state index contributed by atoms with van der Waals surface area (Å²) in [7, 11) is 0. The monoisotopic (exact) mass is 256 g/mol. The highest BCUT2D eigenvalue weighted by molar-refractivity contribution is 6.18. The van der Waals surface area contributed by atoms with Gasteiger partial charge in [0.1, 0.15) is 0 Å². The largest absolute Gasteiger partial charge is 0.126 e. The summed E-state index contributed by atoms with van der Waals surface area (Å²) >= 11 is 5.80. The molecule has 0 nitrogen and oxygen atoms in total. The fourth-order valence-electron chi connectivity index (χ4n) is 1.95. The molecule has 0 saturated carbocycles. The van der Waals surface area contributed by atoms with Gasteiger partial charge in [-0.15, -0.1) is 11.6 Å². The number of rotatable bonds is 4. The first-order valence-corrected chi connectivity index (χ1v) is 6.73. The predicted molar refractivity (Wildman–Crippen MR) is 80.0 cm³/mol. The van der Waals surface area contributed by atoms with Crippen LogP contribution in [-0.2, 0) is 0 Å². The average Bonchev–Trinajstić information content (AvgIpc) is 2.42. The molecule has 0 atom stereocenters. The third-order valence-electron chi connectivity index (χ3n) is 2.90. The van der Waals surface area contributed by atoms with Crippen molar-refractivity contribution in [3.8, 4) is 0 Å². The van der Waals surface area contributed by atoms with E-state index in [1.807, 2.05) is 6.07 Å². The van der Waals surface area contributed by atoms with E-state index in [4.69, 9.17) is 11.6 Å². The van der Waals surface area contributed by atoms with Gasteiger partial charge in [0.2, 0.25) is 0 Å². The lowest BCUT2D eigenvalue weighted by atomic mass is 9.96. The van der Waals surface area contributed by atoms with Crippen molar-refractivity contribution in [2.75, 3.05) is 5.88 Å². The minimum Gasteiger partial charge on any atom is -0.126 e. The number of alkyl halides is 1. The van der Waals surface area contributed by atoms with Crippen molar-refractivity contribution in [1.29, 1.82) is 0 Å². The molecule has 0 aliphatic heterocycles. The first-order valence-electron chi connectivity index (χ1n) is 6.20. The third kappa shape index (κ3) is 3.24. The Labute approximate surface area is 114 Å². The van der Waals surface area contributed by atoms with Crippen LogP contribution in [0.2, 0.25) is 0 Å². The SMILES string of the molecule is Cc1ccc(C(=CCCCl)c2ccccc2)cc1. The molecule has 1 heteroatoms. The highest BCUT2D eigenvalue weighted by Gasteiger charge is 2.03. The van der Waals surface area contributed by atoms with Crippen LogP contribution >= 0.6 is 11.6 Å². The summed E-state index contributed by atoms with van der Waals surface area (Å²) < 4.78 is 0. The number of hydrogen-bond acceptors (Lipinski definition) is 0. The van der Waals surface area contributed by atoms with E-state index in [1.54, 1.807) is 0 Å². The summed E-state index contributed by atoms with van der Waals surface area (Å²) in [6, 6.07) is 19.1. The first kappa shape index (κ1) is 12.9. The Kier molecular flexibility index (Phi) is 4.60. The van der Waals surface area contributed by atoms with Gasteiger partial charge in [-0.1, -0.05) is 66.2 Å². The smallest absolute Gasteiger partial charge is 0.0258 e. The molecule has 92 valence electrons. The Balaban J connectivity index is 2.40. The average molecular weight is 257 g/mol. The van der Waals surface area contributed by atoms with Crippen LogP contribution in [0.25, 0.3) is 5.57 Å². The topological polar surface area (TPSA) is 0 Å².